The molecule has 0 amide bonds. The number of hydrogen-bond donors (Lipinski definition) is 0. The van der Waals surface area contributed by atoms with Crippen LogP contribution in [0.2, 0.25) is 0 Å². The van der Waals surface area contributed by atoms with Gasteiger partial charge in [0.05, 0.1) is 30.9 Å². The number of pyridine rings is 1. The third-order valence-electron chi connectivity index (χ3n) is 3.49. The van der Waals surface area contributed by atoms with Gasteiger partial charge in [-0.3, -0.25) is 0 Å². The Kier molecular flexibility index (Phi) is 4.95. The van der Waals surface area contributed by atoms with Crippen molar-refractivity contribution in [1.82, 2.24) is 4.98 Å². The molecule has 1 aliphatic heterocycles. The summed E-state index contributed by atoms with van der Waals surface area (Å²) in [5.41, 5.74) is 0.491. The lowest BCUT2D eigenvalue weighted by Crippen LogP contribution is -2.49. The number of nitrogens with zero attached hydrogens (tertiary/aromatic N) is 2. The Morgan fingerprint density at radius 2 is 2.30 bits per heavy atom. The highest BCUT2D eigenvalue weighted by Gasteiger charge is 2.26. The predicted octanol–water partition coefficient (Wildman–Crippen LogP) is 2.26. The molecule has 0 radical (unpaired) electrons. The van der Waals surface area contributed by atoms with Crippen molar-refractivity contribution in [2.75, 3.05) is 24.7 Å². The van der Waals surface area contributed by atoms with Crippen LogP contribution < -0.4 is 4.90 Å². The predicted molar refractivity (Wildman–Crippen MR) is 77.0 cm³/mol. The molecule has 2 rings (SSSR count). The summed E-state index contributed by atoms with van der Waals surface area (Å²) >= 11 is 0. The Morgan fingerprint density at radius 3 is 2.90 bits per heavy atom. The fraction of sp³-hybridized carbons (Fsp3) is 0.600. The van der Waals surface area contributed by atoms with Gasteiger partial charge in [-0.1, -0.05) is 6.92 Å². The van der Waals surface area contributed by atoms with Gasteiger partial charge in [-0.2, -0.15) is 0 Å². The van der Waals surface area contributed by atoms with E-state index in [-0.39, 0.29) is 12.1 Å². The van der Waals surface area contributed by atoms with Gasteiger partial charge in [0.25, 0.3) is 0 Å². The fourth-order valence-corrected chi connectivity index (χ4v) is 2.35. The monoisotopic (exact) mass is 278 g/mol. The van der Waals surface area contributed by atoms with Gasteiger partial charge < -0.3 is 14.4 Å². The third kappa shape index (κ3) is 3.28. The van der Waals surface area contributed by atoms with Crippen LogP contribution in [-0.2, 0) is 9.47 Å². The molecule has 110 valence electrons. The SMILES string of the molecule is CCOC(=O)c1ccc(N2CC(C)OCC2CC)nc1. The minimum absolute atomic E-state index is 0.198. The third-order valence-corrected chi connectivity index (χ3v) is 3.49. The summed E-state index contributed by atoms with van der Waals surface area (Å²) in [6, 6.07) is 3.99. The Labute approximate surface area is 119 Å². The topological polar surface area (TPSA) is 51.7 Å². The highest BCUT2D eigenvalue weighted by atomic mass is 16.5. The van der Waals surface area contributed by atoms with Gasteiger partial charge >= 0.3 is 5.97 Å². The second-order valence-electron chi connectivity index (χ2n) is 4.98. The molecule has 2 unspecified atom stereocenters. The molecule has 0 spiro atoms. The maximum atomic E-state index is 11.6. The molecule has 20 heavy (non-hydrogen) atoms. The zero-order chi connectivity index (χ0) is 14.5. The molecule has 0 aromatic carbocycles. The average Bonchev–Trinajstić information content (AvgIpc) is 2.47. The van der Waals surface area contributed by atoms with Crippen LogP contribution in [0.4, 0.5) is 5.82 Å². The van der Waals surface area contributed by atoms with E-state index in [1.165, 1.54) is 0 Å². The largest absolute Gasteiger partial charge is 0.462 e. The van der Waals surface area contributed by atoms with E-state index in [2.05, 4.69) is 23.7 Å². The number of aromatic nitrogens is 1. The van der Waals surface area contributed by atoms with Gasteiger partial charge in [-0.15, -0.1) is 0 Å². The second kappa shape index (κ2) is 6.70. The standard InChI is InChI=1S/C15H22N2O3/c1-4-13-10-20-11(3)9-17(13)14-7-6-12(8-16-14)15(18)19-5-2/h6-8,11,13H,4-5,9-10H2,1-3H3. The first-order valence-corrected chi connectivity index (χ1v) is 7.17. The summed E-state index contributed by atoms with van der Waals surface area (Å²) in [4.78, 5) is 18.3. The first kappa shape index (κ1) is 14.8. The van der Waals surface area contributed by atoms with E-state index in [0.29, 0.717) is 18.2 Å². The van der Waals surface area contributed by atoms with Crippen LogP contribution in [0.3, 0.4) is 0 Å². The molecule has 2 heterocycles. The number of rotatable bonds is 4. The molecule has 1 aromatic heterocycles. The van der Waals surface area contributed by atoms with Gasteiger partial charge in [0.15, 0.2) is 0 Å². The molecule has 1 aromatic rings. The van der Waals surface area contributed by atoms with Crippen LogP contribution in [0, 0.1) is 0 Å². The number of anilines is 1. The Balaban J connectivity index is 2.13. The van der Waals surface area contributed by atoms with Gasteiger partial charge in [0.2, 0.25) is 0 Å². The molecule has 0 bridgehead atoms. The maximum absolute atomic E-state index is 11.6. The lowest BCUT2D eigenvalue weighted by molar-refractivity contribution is 0.0296. The molecule has 0 aliphatic carbocycles. The quantitative estimate of drug-likeness (QED) is 0.791. The summed E-state index contributed by atoms with van der Waals surface area (Å²) in [6.07, 6.45) is 2.79. The maximum Gasteiger partial charge on any atom is 0.339 e. The van der Waals surface area contributed by atoms with E-state index < -0.39 is 0 Å². The fourth-order valence-electron chi connectivity index (χ4n) is 2.35. The zero-order valence-electron chi connectivity index (χ0n) is 12.3. The molecule has 2 atom stereocenters. The van der Waals surface area contributed by atoms with Crippen molar-refractivity contribution in [1.29, 1.82) is 0 Å². The minimum Gasteiger partial charge on any atom is -0.462 e. The first-order valence-electron chi connectivity index (χ1n) is 7.17. The van der Waals surface area contributed by atoms with Crippen molar-refractivity contribution < 1.29 is 14.3 Å². The van der Waals surface area contributed by atoms with Crippen LogP contribution in [-0.4, -0.2) is 42.9 Å². The summed E-state index contributed by atoms with van der Waals surface area (Å²) in [5.74, 6) is 0.564. The zero-order valence-corrected chi connectivity index (χ0v) is 12.3. The number of esters is 1. The molecule has 5 nitrogen and oxygen atoms in total. The van der Waals surface area contributed by atoms with Crippen LogP contribution >= 0.6 is 0 Å². The van der Waals surface area contributed by atoms with Gasteiger partial charge in [0, 0.05) is 12.7 Å². The average molecular weight is 278 g/mol. The Bertz CT molecular complexity index is 447. The minimum atomic E-state index is -0.325. The first-order chi connectivity index (χ1) is 9.65. The van der Waals surface area contributed by atoms with E-state index in [0.717, 1.165) is 25.4 Å². The van der Waals surface area contributed by atoms with E-state index in [4.69, 9.17) is 9.47 Å². The number of carbonyl (C=O) groups excluding carboxylic acids is 1. The summed E-state index contributed by atoms with van der Waals surface area (Å²) < 4.78 is 10.6. The Hall–Kier alpha value is -1.62. The van der Waals surface area contributed by atoms with Gasteiger partial charge in [-0.05, 0) is 32.4 Å². The molecular formula is C15H22N2O3. The second-order valence-corrected chi connectivity index (χ2v) is 4.98. The van der Waals surface area contributed by atoms with E-state index in [9.17, 15) is 4.79 Å². The van der Waals surface area contributed by atoms with Crippen LogP contribution in [0.5, 0.6) is 0 Å². The van der Waals surface area contributed by atoms with Gasteiger partial charge in [0.1, 0.15) is 5.82 Å². The van der Waals surface area contributed by atoms with Gasteiger partial charge in [-0.25, -0.2) is 9.78 Å². The smallest absolute Gasteiger partial charge is 0.339 e. The van der Waals surface area contributed by atoms with E-state index in [1.807, 2.05) is 6.07 Å². The molecule has 5 heteroatoms. The van der Waals surface area contributed by atoms with Crippen molar-refractivity contribution in [3.05, 3.63) is 23.9 Å². The molecule has 1 saturated heterocycles. The molecule has 0 N–H and O–H groups in total. The summed E-state index contributed by atoms with van der Waals surface area (Å²) in [7, 11) is 0. The Morgan fingerprint density at radius 1 is 1.50 bits per heavy atom. The lowest BCUT2D eigenvalue weighted by atomic mass is 10.1. The molecule has 0 saturated carbocycles. The van der Waals surface area contributed by atoms with Crippen molar-refractivity contribution in [3.8, 4) is 0 Å². The van der Waals surface area contributed by atoms with E-state index in [1.54, 1.807) is 19.2 Å². The number of hydrogen-bond acceptors (Lipinski definition) is 5. The molecular weight excluding hydrogens is 256 g/mol. The molecule has 1 aliphatic rings. The van der Waals surface area contributed by atoms with Crippen molar-refractivity contribution >= 4 is 11.8 Å². The highest BCUT2D eigenvalue weighted by Crippen LogP contribution is 2.21. The highest BCUT2D eigenvalue weighted by molar-refractivity contribution is 5.89. The number of carbonyl (C=O) groups is 1. The summed E-state index contributed by atoms with van der Waals surface area (Å²) in [5, 5.41) is 0. The van der Waals surface area contributed by atoms with Crippen LogP contribution in [0.1, 0.15) is 37.6 Å². The van der Waals surface area contributed by atoms with Crippen LogP contribution in [0.15, 0.2) is 18.3 Å². The molecule has 1 fully saturated rings. The van der Waals surface area contributed by atoms with Crippen LogP contribution in [0.25, 0.3) is 0 Å². The van der Waals surface area contributed by atoms with Crippen molar-refractivity contribution in [3.63, 3.8) is 0 Å². The summed E-state index contributed by atoms with van der Waals surface area (Å²) in [6.45, 7) is 7.92. The number of morpholine rings is 1. The lowest BCUT2D eigenvalue weighted by Gasteiger charge is -2.39. The number of ether oxygens (including phenoxy) is 2. The normalized spacial score (nSPS) is 22.6. The van der Waals surface area contributed by atoms with Crippen molar-refractivity contribution in [2.24, 2.45) is 0 Å². The van der Waals surface area contributed by atoms with Crippen molar-refractivity contribution in [2.45, 2.75) is 39.3 Å². The van der Waals surface area contributed by atoms with E-state index >= 15 is 0 Å².